The zero-order valence-corrected chi connectivity index (χ0v) is 12.6. The highest BCUT2D eigenvalue weighted by Gasteiger charge is 2.18. The van der Waals surface area contributed by atoms with Crippen molar-refractivity contribution in [1.29, 1.82) is 0 Å². The van der Waals surface area contributed by atoms with E-state index in [1.165, 1.54) is 6.07 Å². The fraction of sp³-hybridized carbons (Fsp3) is 0.188. The molecule has 2 aromatic rings. The van der Waals surface area contributed by atoms with Gasteiger partial charge in [-0.05, 0) is 42.8 Å². The minimum Gasteiger partial charge on any atom is -0.478 e. The van der Waals surface area contributed by atoms with Crippen LogP contribution >= 0.6 is 11.6 Å². The van der Waals surface area contributed by atoms with E-state index < -0.39 is 5.97 Å². The molecule has 110 valence electrons. The van der Waals surface area contributed by atoms with Gasteiger partial charge < -0.3 is 15.7 Å². The van der Waals surface area contributed by atoms with E-state index in [1.807, 2.05) is 43.1 Å². The number of nitrogens with two attached hydrogens (primary N) is 1. The maximum atomic E-state index is 11.4. The Morgan fingerprint density at radius 2 is 1.86 bits per heavy atom. The molecule has 0 aromatic heterocycles. The molecule has 2 rings (SSSR count). The molecule has 21 heavy (non-hydrogen) atoms. The molecular formula is C16H17ClN2O2. The van der Waals surface area contributed by atoms with Crippen LogP contribution in [0.2, 0.25) is 5.02 Å². The summed E-state index contributed by atoms with van der Waals surface area (Å²) in [6.07, 6.45) is 0. The first kappa shape index (κ1) is 15.2. The fourth-order valence-corrected chi connectivity index (χ4v) is 2.33. The van der Waals surface area contributed by atoms with Gasteiger partial charge in [0.05, 0.1) is 17.3 Å². The number of hydrogen-bond donors (Lipinski definition) is 2. The van der Waals surface area contributed by atoms with Gasteiger partial charge in [-0.3, -0.25) is 0 Å². The second-order valence-corrected chi connectivity index (χ2v) is 5.36. The molecule has 0 bridgehead atoms. The Morgan fingerprint density at radius 3 is 2.43 bits per heavy atom. The summed E-state index contributed by atoms with van der Waals surface area (Å²) >= 11 is 5.89. The number of anilines is 2. The monoisotopic (exact) mass is 304 g/mol. The molecule has 0 aliphatic carbocycles. The van der Waals surface area contributed by atoms with Gasteiger partial charge in [0.2, 0.25) is 0 Å². The zero-order valence-electron chi connectivity index (χ0n) is 11.9. The zero-order chi connectivity index (χ0) is 15.6. The number of benzene rings is 2. The summed E-state index contributed by atoms with van der Waals surface area (Å²) in [7, 11) is 1.86. The number of hydrogen-bond acceptors (Lipinski definition) is 3. The van der Waals surface area contributed by atoms with E-state index in [1.54, 1.807) is 12.1 Å². The Balaban J connectivity index is 2.37. The summed E-state index contributed by atoms with van der Waals surface area (Å²) in [6, 6.07) is 12.4. The van der Waals surface area contributed by atoms with Gasteiger partial charge in [-0.1, -0.05) is 23.7 Å². The second-order valence-electron chi connectivity index (χ2n) is 4.92. The predicted molar refractivity (Wildman–Crippen MR) is 86.1 cm³/mol. The van der Waals surface area contributed by atoms with Gasteiger partial charge in [-0.2, -0.15) is 0 Å². The first-order valence-corrected chi connectivity index (χ1v) is 6.89. The second kappa shape index (κ2) is 6.06. The molecule has 0 heterocycles. The van der Waals surface area contributed by atoms with Crippen molar-refractivity contribution in [3.63, 3.8) is 0 Å². The fourth-order valence-electron chi connectivity index (χ4n) is 2.21. The summed E-state index contributed by atoms with van der Waals surface area (Å²) in [4.78, 5) is 13.3. The van der Waals surface area contributed by atoms with Crippen LogP contribution in [0, 0.1) is 0 Å². The van der Waals surface area contributed by atoms with E-state index in [9.17, 15) is 9.90 Å². The molecule has 0 amide bonds. The number of carbonyl (C=O) groups is 1. The topological polar surface area (TPSA) is 66.6 Å². The molecular weight excluding hydrogens is 288 g/mol. The minimum atomic E-state index is -0.993. The largest absolute Gasteiger partial charge is 0.478 e. The van der Waals surface area contributed by atoms with Crippen molar-refractivity contribution in [2.24, 2.45) is 0 Å². The van der Waals surface area contributed by atoms with Crippen molar-refractivity contribution in [2.45, 2.75) is 13.0 Å². The summed E-state index contributed by atoms with van der Waals surface area (Å²) in [6.45, 7) is 2.01. The van der Waals surface area contributed by atoms with Crippen LogP contribution in [0.4, 0.5) is 11.4 Å². The Bertz CT molecular complexity index is 656. The van der Waals surface area contributed by atoms with Crippen molar-refractivity contribution < 1.29 is 9.90 Å². The van der Waals surface area contributed by atoms with Crippen LogP contribution in [-0.2, 0) is 0 Å². The molecule has 0 saturated carbocycles. The van der Waals surface area contributed by atoms with Gasteiger partial charge in [0, 0.05) is 17.8 Å². The number of carboxylic acids is 1. The maximum Gasteiger partial charge on any atom is 0.337 e. The normalized spacial score (nSPS) is 12.0. The SMILES string of the molecule is CC(c1ccc(Cl)cc1)N(C)c1ccc(N)cc1C(=O)O. The molecule has 0 fully saturated rings. The van der Waals surface area contributed by atoms with Crippen LogP contribution in [0.1, 0.15) is 28.9 Å². The van der Waals surface area contributed by atoms with E-state index in [-0.39, 0.29) is 11.6 Å². The van der Waals surface area contributed by atoms with Crippen LogP contribution in [0.3, 0.4) is 0 Å². The number of carboxylic acid groups (broad SMARTS) is 1. The quantitative estimate of drug-likeness (QED) is 0.843. The number of aromatic carboxylic acids is 1. The van der Waals surface area contributed by atoms with Crippen LogP contribution in [0.15, 0.2) is 42.5 Å². The van der Waals surface area contributed by atoms with Crippen LogP contribution in [-0.4, -0.2) is 18.1 Å². The van der Waals surface area contributed by atoms with Gasteiger partial charge in [0.15, 0.2) is 0 Å². The Morgan fingerprint density at radius 1 is 1.24 bits per heavy atom. The number of nitrogens with zero attached hydrogens (tertiary/aromatic N) is 1. The molecule has 2 aromatic carbocycles. The van der Waals surface area contributed by atoms with Gasteiger partial charge in [0.1, 0.15) is 0 Å². The third-order valence-electron chi connectivity index (χ3n) is 3.56. The van der Waals surface area contributed by atoms with Crippen molar-refractivity contribution in [2.75, 3.05) is 17.7 Å². The summed E-state index contributed by atoms with van der Waals surface area (Å²) in [5, 5.41) is 10.0. The van der Waals surface area contributed by atoms with E-state index >= 15 is 0 Å². The Labute approximate surface area is 128 Å². The highest BCUT2D eigenvalue weighted by Crippen LogP contribution is 2.30. The third-order valence-corrected chi connectivity index (χ3v) is 3.82. The van der Waals surface area contributed by atoms with Gasteiger partial charge in [-0.15, -0.1) is 0 Å². The summed E-state index contributed by atoms with van der Waals surface area (Å²) in [5.74, 6) is -0.993. The van der Waals surface area contributed by atoms with Crippen LogP contribution in [0.5, 0.6) is 0 Å². The molecule has 0 saturated heterocycles. The molecule has 0 aliphatic heterocycles. The van der Waals surface area contributed by atoms with Crippen molar-refractivity contribution in [1.82, 2.24) is 0 Å². The lowest BCUT2D eigenvalue weighted by Crippen LogP contribution is -2.23. The van der Waals surface area contributed by atoms with Crippen LogP contribution in [0.25, 0.3) is 0 Å². The molecule has 4 nitrogen and oxygen atoms in total. The maximum absolute atomic E-state index is 11.4. The lowest BCUT2D eigenvalue weighted by atomic mass is 10.0. The van der Waals surface area contributed by atoms with Gasteiger partial charge in [-0.25, -0.2) is 4.79 Å². The first-order valence-electron chi connectivity index (χ1n) is 6.51. The third kappa shape index (κ3) is 3.28. The number of halogens is 1. The standard InChI is InChI=1S/C16H17ClN2O2/c1-10(11-3-5-12(17)6-4-11)19(2)15-8-7-13(18)9-14(15)16(20)21/h3-10H,18H2,1-2H3,(H,20,21). The van der Waals surface area contributed by atoms with Crippen molar-refractivity contribution in [3.05, 3.63) is 58.6 Å². The van der Waals surface area contributed by atoms with Gasteiger partial charge >= 0.3 is 5.97 Å². The first-order chi connectivity index (χ1) is 9.90. The van der Waals surface area contributed by atoms with E-state index in [4.69, 9.17) is 17.3 Å². The number of nitrogen functional groups attached to an aromatic ring is 1. The highest BCUT2D eigenvalue weighted by molar-refractivity contribution is 6.30. The molecule has 1 unspecified atom stereocenters. The average molecular weight is 305 g/mol. The van der Waals surface area contributed by atoms with E-state index in [0.29, 0.717) is 16.4 Å². The van der Waals surface area contributed by atoms with Gasteiger partial charge in [0.25, 0.3) is 0 Å². The number of rotatable bonds is 4. The summed E-state index contributed by atoms with van der Waals surface area (Å²) in [5.41, 5.74) is 7.97. The Hall–Kier alpha value is -2.20. The van der Waals surface area contributed by atoms with E-state index in [2.05, 4.69) is 0 Å². The van der Waals surface area contributed by atoms with E-state index in [0.717, 1.165) is 5.56 Å². The van der Waals surface area contributed by atoms with Crippen molar-refractivity contribution >= 4 is 28.9 Å². The lowest BCUT2D eigenvalue weighted by molar-refractivity contribution is 0.0697. The molecule has 5 heteroatoms. The lowest BCUT2D eigenvalue weighted by Gasteiger charge is -2.28. The molecule has 3 N–H and O–H groups in total. The molecule has 0 aliphatic rings. The average Bonchev–Trinajstić information content (AvgIpc) is 2.46. The van der Waals surface area contributed by atoms with Crippen LogP contribution < -0.4 is 10.6 Å². The molecule has 0 spiro atoms. The van der Waals surface area contributed by atoms with Crippen molar-refractivity contribution in [3.8, 4) is 0 Å². The highest BCUT2D eigenvalue weighted by atomic mass is 35.5. The Kier molecular flexibility index (Phi) is 4.38. The minimum absolute atomic E-state index is 0.00370. The smallest absolute Gasteiger partial charge is 0.337 e. The summed E-state index contributed by atoms with van der Waals surface area (Å²) < 4.78 is 0. The molecule has 1 atom stereocenters. The predicted octanol–water partition coefficient (Wildman–Crippen LogP) is 3.82. The molecule has 0 radical (unpaired) electrons.